The third-order valence-electron chi connectivity index (χ3n) is 4.33. The Balaban J connectivity index is 1.75. The summed E-state index contributed by atoms with van der Waals surface area (Å²) in [5.41, 5.74) is 6.01. The maximum Gasteiger partial charge on any atom is 0.309 e. The molecule has 0 spiro atoms. The fraction of sp³-hybridized carbons (Fsp3) is 0.500. The average Bonchev–Trinajstić information content (AvgIpc) is 3.36. The van der Waals surface area contributed by atoms with Gasteiger partial charge in [0.15, 0.2) is 6.61 Å². The van der Waals surface area contributed by atoms with E-state index in [-0.39, 0.29) is 11.9 Å². The molecule has 0 saturated heterocycles. The third kappa shape index (κ3) is 5.20. The fourth-order valence-electron chi connectivity index (χ4n) is 2.54. The number of carbonyl (C=O) groups is 3. The lowest BCUT2D eigenvalue weighted by Crippen LogP contribution is -2.43. The Hall–Kier alpha value is -2.57. The van der Waals surface area contributed by atoms with Crippen LogP contribution >= 0.6 is 0 Å². The molecule has 1 fully saturated rings. The first kappa shape index (κ1) is 18.8. The van der Waals surface area contributed by atoms with Crippen LogP contribution in [0.2, 0.25) is 0 Å². The number of rotatable bonds is 7. The monoisotopic (exact) mass is 347 g/mol. The Morgan fingerprint density at radius 3 is 2.24 bits per heavy atom. The minimum absolute atomic E-state index is 0.0910. The van der Waals surface area contributed by atoms with Crippen LogP contribution in [0, 0.1) is 11.8 Å². The summed E-state index contributed by atoms with van der Waals surface area (Å²) in [6.45, 7) is 7.46. The van der Waals surface area contributed by atoms with Crippen LogP contribution in [0.1, 0.15) is 37.6 Å². The predicted octanol–water partition coefficient (Wildman–Crippen LogP) is 1.49. The molecule has 136 valence electrons. The molecule has 2 amide bonds. The topological polar surface area (TPSA) is 87.7 Å². The van der Waals surface area contributed by atoms with Gasteiger partial charge < -0.3 is 9.64 Å². The molecule has 1 aromatic rings. The van der Waals surface area contributed by atoms with E-state index < -0.39 is 18.4 Å². The van der Waals surface area contributed by atoms with Gasteiger partial charge in [0.1, 0.15) is 0 Å². The van der Waals surface area contributed by atoms with E-state index >= 15 is 0 Å². The number of benzene rings is 1. The number of esters is 1. The van der Waals surface area contributed by atoms with Crippen LogP contribution in [-0.4, -0.2) is 37.5 Å². The summed E-state index contributed by atoms with van der Waals surface area (Å²) >= 11 is 0. The number of hydrazine groups is 1. The Kier molecular flexibility index (Phi) is 6.38. The van der Waals surface area contributed by atoms with Crippen molar-refractivity contribution in [3.05, 3.63) is 29.8 Å². The lowest BCUT2D eigenvalue weighted by molar-refractivity contribution is -0.150. The van der Waals surface area contributed by atoms with Crippen LogP contribution in [0.3, 0.4) is 0 Å². The van der Waals surface area contributed by atoms with Crippen LogP contribution in [0.25, 0.3) is 0 Å². The summed E-state index contributed by atoms with van der Waals surface area (Å²) < 4.78 is 4.90. The molecule has 1 aliphatic rings. The van der Waals surface area contributed by atoms with Crippen LogP contribution in [0.4, 0.5) is 5.69 Å². The highest BCUT2D eigenvalue weighted by molar-refractivity contribution is 5.95. The van der Waals surface area contributed by atoms with Crippen LogP contribution in [-0.2, 0) is 14.3 Å². The van der Waals surface area contributed by atoms with Crippen molar-refractivity contribution in [2.24, 2.45) is 11.8 Å². The van der Waals surface area contributed by atoms with E-state index in [1.807, 2.05) is 19.1 Å². The first-order chi connectivity index (χ1) is 12.0. The van der Waals surface area contributed by atoms with E-state index in [2.05, 4.69) is 29.6 Å². The van der Waals surface area contributed by atoms with Gasteiger partial charge in [-0.1, -0.05) is 6.92 Å². The van der Waals surface area contributed by atoms with Crippen molar-refractivity contribution in [1.82, 2.24) is 10.9 Å². The zero-order chi connectivity index (χ0) is 18.4. The lowest BCUT2D eigenvalue weighted by atomic mass is 10.2. The number of amides is 2. The smallest absolute Gasteiger partial charge is 0.309 e. The molecule has 7 heteroatoms. The molecule has 2 N–H and O–H groups in total. The number of nitrogens with one attached hydrogen (secondary N) is 2. The van der Waals surface area contributed by atoms with Gasteiger partial charge in [-0.25, -0.2) is 0 Å². The molecule has 2 atom stereocenters. The molecule has 0 heterocycles. The summed E-state index contributed by atoms with van der Waals surface area (Å²) in [6, 6.07) is 7.12. The number of anilines is 1. The summed E-state index contributed by atoms with van der Waals surface area (Å²) in [5.74, 6) is -1.13. The third-order valence-corrected chi connectivity index (χ3v) is 4.33. The van der Waals surface area contributed by atoms with Gasteiger partial charge in [0.2, 0.25) is 0 Å². The zero-order valence-electron chi connectivity index (χ0n) is 14.9. The Morgan fingerprint density at radius 1 is 1.12 bits per heavy atom. The molecule has 7 nitrogen and oxygen atoms in total. The van der Waals surface area contributed by atoms with E-state index in [1.54, 1.807) is 12.1 Å². The average molecular weight is 347 g/mol. The second-order valence-corrected chi connectivity index (χ2v) is 6.15. The first-order valence-electron chi connectivity index (χ1n) is 8.57. The molecule has 0 aromatic heterocycles. The molecular weight excluding hydrogens is 322 g/mol. The molecular formula is C18H25N3O4. The van der Waals surface area contributed by atoms with E-state index in [0.717, 1.165) is 25.2 Å². The second-order valence-electron chi connectivity index (χ2n) is 6.15. The standard InChI is InChI=1S/C18H25N3O4/c1-4-21(5-2)14-8-6-13(7-9-14)17(23)20-19-16(22)11-25-18(24)15-10-12(15)3/h6-9,12,15H,4-5,10-11H2,1-3H3,(H,19,22)(H,20,23)/t12-,15+/m0/s1. The van der Waals surface area contributed by atoms with Crippen molar-refractivity contribution in [3.63, 3.8) is 0 Å². The molecule has 1 saturated carbocycles. The van der Waals surface area contributed by atoms with Gasteiger partial charge in [-0.15, -0.1) is 0 Å². The van der Waals surface area contributed by atoms with Gasteiger partial charge in [0.05, 0.1) is 5.92 Å². The van der Waals surface area contributed by atoms with Gasteiger partial charge in [0, 0.05) is 24.3 Å². The van der Waals surface area contributed by atoms with Crippen molar-refractivity contribution >= 4 is 23.5 Å². The number of hydrogen-bond donors (Lipinski definition) is 2. The number of hydrogen-bond acceptors (Lipinski definition) is 5. The molecule has 2 rings (SSSR count). The predicted molar refractivity (Wildman–Crippen MR) is 93.8 cm³/mol. The van der Waals surface area contributed by atoms with Crippen molar-refractivity contribution in [2.45, 2.75) is 27.2 Å². The normalized spacial score (nSPS) is 18.2. The summed E-state index contributed by atoms with van der Waals surface area (Å²) in [6.07, 6.45) is 0.806. The zero-order valence-corrected chi connectivity index (χ0v) is 14.9. The minimum atomic E-state index is -0.574. The second kappa shape index (κ2) is 8.50. The van der Waals surface area contributed by atoms with Gasteiger partial charge in [-0.3, -0.25) is 25.2 Å². The quantitative estimate of drug-likeness (QED) is 0.576. The van der Waals surface area contributed by atoms with E-state index in [1.165, 1.54) is 0 Å². The van der Waals surface area contributed by atoms with Gasteiger partial charge >= 0.3 is 5.97 Å². The van der Waals surface area contributed by atoms with Crippen molar-refractivity contribution < 1.29 is 19.1 Å². The number of nitrogens with zero attached hydrogens (tertiary/aromatic N) is 1. The Bertz CT molecular complexity index is 626. The molecule has 1 aliphatic carbocycles. The highest BCUT2D eigenvalue weighted by Gasteiger charge is 2.40. The summed E-state index contributed by atoms with van der Waals surface area (Å²) in [7, 11) is 0. The molecule has 0 aliphatic heterocycles. The fourth-order valence-corrected chi connectivity index (χ4v) is 2.54. The maximum atomic E-state index is 12.0. The highest BCUT2D eigenvalue weighted by Crippen LogP contribution is 2.38. The number of carbonyl (C=O) groups excluding carboxylic acids is 3. The highest BCUT2D eigenvalue weighted by atomic mass is 16.5. The van der Waals surface area contributed by atoms with Gasteiger partial charge in [-0.2, -0.15) is 0 Å². The molecule has 0 bridgehead atoms. The van der Waals surface area contributed by atoms with Gasteiger partial charge in [0.25, 0.3) is 11.8 Å². The summed E-state index contributed by atoms with van der Waals surface area (Å²) in [5, 5.41) is 0. The summed E-state index contributed by atoms with van der Waals surface area (Å²) in [4.78, 5) is 37.3. The van der Waals surface area contributed by atoms with Crippen LogP contribution < -0.4 is 15.8 Å². The minimum Gasteiger partial charge on any atom is -0.455 e. The molecule has 25 heavy (non-hydrogen) atoms. The Labute approximate surface area is 147 Å². The SMILES string of the molecule is CCN(CC)c1ccc(C(=O)NNC(=O)COC(=O)[C@@H]2C[C@@H]2C)cc1. The van der Waals surface area contributed by atoms with Crippen molar-refractivity contribution in [3.8, 4) is 0 Å². The molecule has 0 unspecified atom stereocenters. The van der Waals surface area contributed by atoms with Crippen molar-refractivity contribution in [2.75, 3.05) is 24.6 Å². The molecule has 0 radical (unpaired) electrons. The molecule has 1 aromatic carbocycles. The Morgan fingerprint density at radius 2 is 1.72 bits per heavy atom. The van der Waals surface area contributed by atoms with Crippen molar-refractivity contribution in [1.29, 1.82) is 0 Å². The lowest BCUT2D eigenvalue weighted by Gasteiger charge is -2.21. The first-order valence-corrected chi connectivity index (χ1v) is 8.57. The van der Waals surface area contributed by atoms with E-state index in [9.17, 15) is 14.4 Å². The van der Waals surface area contributed by atoms with Crippen LogP contribution in [0.15, 0.2) is 24.3 Å². The van der Waals surface area contributed by atoms with E-state index in [4.69, 9.17) is 4.74 Å². The number of ether oxygens (including phenoxy) is 1. The maximum absolute atomic E-state index is 12.0. The van der Waals surface area contributed by atoms with Gasteiger partial charge in [-0.05, 0) is 50.5 Å². The van der Waals surface area contributed by atoms with Crippen LogP contribution in [0.5, 0.6) is 0 Å². The van der Waals surface area contributed by atoms with E-state index in [0.29, 0.717) is 11.5 Å². The largest absolute Gasteiger partial charge is 0.455 e.